The van der Waals surface area contributed by atoms with Crippen LogP contribution in [0.5, 0.6) is 11.5 Å². The van der Waals surface area contributed by atoms with Crippen LogP contribution in [-0.2, 0) is 4.79 Å². The van der Waals surface area contributed by atoms with Gasteiger partial charge in [-0.3, -0.25) is 4.79 Å². The number of hydrogen-bond acceptors (Lipinski definition) is 3. The number of amides is 1. The summed E-state index contributed by atoms with van der Waals surface area (Å²) in [6, 6.07) is 15.4. The van der Waals surface area contributed by atoms with Crippen molar-refractivity contribution in [3.63, 3.8) is 0 Å². The molecule has 0 aliphatic carbocycles. The Bertz CT molecular complexity index is 755. The number of carbonyl (C=O) groups is 1. The Kier molecular flexibility index (Phi) is 4.71. The zero-order valence-corrected chi connectivity index (χ0v) is 15.2. The topological polar surface area (TPSA) is 47.6 Å². The third kappa shape index (κ3) is 4.13. The van der Waals surface area contributed by atoms with Crippen LogP contribution in [0.15, 0.2) is 48.5 Å². The fraction of sp³-hybridized carbons (Fsp3) is 0.381. The number of hydrogen-bond donors (Lipinski definition) is 1. The van der Waals surface area contributed by atoms with Crippen LogP contribution in [0.3, 0.4) is 0 Å². The number of fused-ring (bicyclic) bond motifs is 1. The van der Waals surface area contributed by atoms with Crippen LogP contribution < -0.4 is 14.8 Å². The molecule has 2 aromatic rings. The number of carbonyl (C=O) groups excluding carboxylic acids is 1. The lowest BCUT2D eigenvalue weighted by molar-refractivity contribution is -0.128. The minimum absolute atomic E-state index is 0.0898. The van der Waals surface area contributed by atoms with Gasteiger partial charge in [-0.25, -0.2) is 0 Å². The van der Waals surface area contributed by atoms with Crippen molar-refractivity contribution in [1.82, 2.24) is 5.32 Å². The normalized spacial score (nSPS) is 19.3. The second kappa shape index (κ2) is 6.79. The predicted octanol–water partition coefficient (Wildman–Crippen LogP) is 4.18. The summed E-state index contributed by atoms with van der Waals surface area (Å²) in [4.78, 5) is 12.6. The van der Waals surface area contributed by atoms with Crippen LogP contribution in [0.25, 0.3) is 0 Å². The maximum Gasteiger partial charge on any atom is 0.261 e. The SMILES string of the molecule is Cc1ccc2c(c1)C(NC(=O)C(C)Oc1ccccc1)CC(C)(C)O2. The van der Waals surface area contributed by atoms with E-state index in [4.69, 9.17) is 9.47 Å². The third-order valence-electron chi connectivity index (χ3n) is 4.36. The molecule has 2 unspecified atom stereocenters. The van der Waals surface area contributed by atoms with Gasteiger partial charge in [0, 0.05) is 12.0 Å². The van der Waals surface area contributed by atoms with Crippen LogP contribution in [0.2, 0.25) is 0 Å². The first kappa shape index (κ1) is 17.3. The standard InChI is InChI=1S/C21H25NO3/c1-14-10-11-19-17(12-14)18(13-21(3,4)25-19)22-20(23)15(2)24-16-8-6-5-7-9-16/h5-12,15,18H,13H2,1-4H3,(H,22,23). The van der Waals surface area contributed by atoms with Crippen molar-refractivity contribution >= 4 is 5.91 Å². The average molecular weight is 339 g/mol. The van der Waals surface area contributed by atoms with Crippen molar-refractivity contribution in [1.29, 1.82) is 0 Å². The zero-order valence-electron chi connectivity index (χ0n) is 15.2. The van der Waals surface area contributed by atoms with Crippen LogP contribution in [-0.4, -0.2) is 17.6 Å². The zero-order chi connectivity index (χ0) is 18.0. The van der Waals surface area contributed by atoms with Gasteiger partial charge in [-0.2, -0.15) is 0 Å². The number of nitrogens with one attached hydrogen (secondary N) is 1. The number of rotatable bonds is 4. The highest BCUT2D eigenvalue weighted by molar-refractivity contribution is 5.81. The second-order valence-electron chi connectivity index (χ2n) is 7.24. The smallest absolute Gasteiger partial charge is 0.261 e. The van der Waals surface area contributed by atoms with E-state index in [1.165, 1.54) is 0 Å². The van der Waals surface area contributed by atoms with Crippen molar-refractivity contribution in [2.45, 2.75) is 51.9 Å². The van der Waals surface area contributed by atoms with E-state index < -0.39 is 6.10 Å². The van der Waals surface area contributed by atoms with Gasteiger partial charge in [0.1, 0.15) is 17.1 Å². The molecule has 0 saturated carbocycles. The fourth-order valence-corrected chi connectivity index (χ4v) is 3.15. The Morgan fingerprint density at radius 3 is 2.68 bits per heavy atom. The number of ether oxygens (including phenoxy) is 2. The third-order valence-corrected chi connectivity index (χ3v) is 4.36. The molecule has 0 fully saturated rings. The van der Waals surface area contributed by atoms with E-state index >= 15 is 0 Å². The van der Waals surface area contributed by atoms with E-state index in [1.54, 1.807) is 6.92 Å². The van der Waals surface area contributed by atoms with Gasteiger partial charge >= 0.3 is 0 Å². The molecule has 0 radical (unpaired) electrons. The molecule has 132 valence electrons. The first-order valence-electron chi connectivity index (χ1n) is 8.66. The Labute approximate surface area is 149 Å². The van der Waals surface area contributed by atoms with Gasteiger partial charge < -0.3 is 14.8 Å². The molecule has 0 bridgehead atoms. The maximum absolute atomic E-state index is 12.6. The van der Waals surface area contributed by atoms with Crippen molar-refractivity contribution in [2.75, 3.05) is 0 Å². The largest absolute Gasteiger partial charge is 0.487 e. The predicted molar refractivity (Wildman–Crippen MR) is 97.9 cm³/mol. The summed E-state index contributed by atoms with van der Waals surface area (Å²) < 4.78 is 11.8. The molecule has 0 saturated heterocycles. The summed E-state index contributed by atoms with van der Waals surface area (Å²) in [6.07, 6.45) is 0.148. The van der Waals surface area contributed by atoms with E-state index in [0.29, 0.717) is 12.2 Å². The van der Waals surface area contributed by atoms with E-state index in [-0.39, 0.29) is 17.6 Å². The average Bonchev–Trinajstić information content (AvgIpc) is 2.55. The highest BCUT2D eigenvalue weighted by atomic mass is 16.5. The summed E-state index contributed by atoms with van der Waals surface area (Å²) in [5, 5.41) is 3.13. The summed E-state index contributed by atoms with van der Waals surface area (Å²) in [5.74, 6) is 1.40. The maximum atomic E-state index is 12.6. The Morgan fingerprint density at radius 2 is 1.96 bits per heavy atom. The molecule has 1 amide bonds. The molecule has 4 nitrogen and oxygen atoms in total. The molecule has 25 heavy (non-hydrogen) atoms. The molecule has 1 N–H and O–H groups in total. The Morgan fingerprint density at radius 1 is 1.24 bits per heavy atom. The molecule has 1 heterocycles. The molecule has 1 aliphatic rings. The van der Waals surface area contributed by atoms with Crippen molar-refractivity contribution < 1.29 is 14.3 Å². The lowest BCUT2D eigenvalue weighted by atomic mass is 9.89. The lowest BCUT2D eigenvalue weighted by Crippen LogP contribution is -2.44. The molecular weight excluding hydrogens is 314 g/mol. The fourth-order valence-electron chi connectivity index (χ4n) is 3.15. The van der Waals surface area contributed by atoms with E-state index in [2.05, 4.69) is 11.4 Å². The highest BCUT2D eigenvalue weighted by Crippen LogP contribution is 2.39. The van der Waals surface area contributed by atoms with Gasteiger partial charge in [0.2, 0.25) is 0 Å². The van der Waals surface area contributed by atoms with Gasteiger partial charge in [-0.05, 0) is 45.9 Å². The Balaban J connectivity index is 1.75. The van der Waals surface area contributed by atoms with Gasteiger partial charge in [-0.1, -0.05) is 35.9 Å². The number of benzene rings is 2. The number of aryl methyl sites for hydroxylation is 1. The quantitative estimate of drug-likeness (QED) is 0.909. The molecule has 4 heteroatoms. The Hall–Kier alpha value is -2.49. The van der Waals surface area contributed by atoms with E-state index in [1.807, 2.05) is 63.2 Å². The van der Waals surface area contributed by atoms with Crippen molar-refractivity contribution in [3.8, 4) is 11.5 Å². The number of para-hydroxylation sites is 1. The summed E-state index contributed by atoms with van der Waals surface area (Å²) in [6.45, 7) is 7.89. The van der Waals surface area contributed by atoms with Crippen LogP contribution in [0, 0.1) is 6.92 Å². The van der Waals surface area contributed by atoms with Gasteiger partial charge in [0.15, 0.2) is 6.10 Å². The molecule has 3 rings (SSSR count). The summed E-state index contributed by atoms with van der Waals surface area (Å²) in [7, 11) is 0. The summed E-state index contributed by atoms with van der Waals surface area (Å²) >= 11 is 0. The molecule has 2 aromatic carbocycles. The van der Waals surface area contributed by atoms with E-state index in [0.717, 1.165) is 16.9 Å². The van der Waals surface area contributed by atoms with Crippen LogP contribution in [0.4, 0.5) is 0 Å². The van der Waals surface area contributed by atoms with Gasteiger partial charge in [0.05, 0.1) is 6.04 Å². The first-order valence-corrected chi connectivity index (χ1v) is 8.66. The van der Waals surface area contributed by atoms with Crippen LogP contribution >= 0.6 is 0 Å². The first-order chi connectivity index (χ1) is 11.8. The summed E-state index contributed by atoms with van der Waals surface area (Å²) in [5.41, 5.74) is 1.85. The van der Waals surface area contributed by atoms with Gasteiger partial charge in [0.25, 0.3) is 5.91 Å². The van der Waals surface area contributed by atoms with E-state index in [9.17, 15) is 4.79 Å². The minimum Gasteiger partial charge on any atom is -0.487 e. The lowest BCUT2D eigenvalue weighted by Gasteiger charge is -2.38. The van der Waals surface area contributed by atoms with Gasteiger partial charge in [-0.15, -0.1) is 0 Å². The molecule has 0 aromatic heterocycles. The molecular formula is C21H25NO3. The monoisotopic (exact) mass is 339 g/mol. The minimum atomic E-state index is -0.568. The molecule has 2 atom stereocenters. The van der Waals surface area contributed by atoms with Crippen molar-refractivity contribution in [3.05, 3.63) is 59.7 Å². The highest BCUT2D eigenvalue weighted by Gasteiger charge is 2.35. The molecule has 1 aliphatic heterocycles. The molecule has 0 spiro atoms. The van der Waals surface area contributed by atoms with Crippen molar-refractivity contribution in [2.24, 2.45) is 0 Å². The van der Waals surface area contributed by atoms with Crippen LogP contribution in [0.1, 0.15) is 44.4 Å². The second-order valence-corrected chi connectivity index (χ2v) is 7.24.